The number of benzene rings is 2. The Kier molecular flexibility index (Phi) is 6.32. The summed E-state index contributed by atoms with van der Waals surface area (Å²) < 4.78 is 7.27. The molecule has 188 valence electrons. The van der Waals surface area contributed by atoms with Crippen molar-refractivity contribution in [1.82, 2.24) is 25.4 Å². The van der Waals surface area contributed by atoms with Crippen molar-refractivity contribution < 1.29 is 14.1 Å². The molecule has 3 N–H and O–H groups in total. The van der Waals surface area contributed by atoms with E-state index in [0.717, 1.165) is 5.56 Å². The van der Waals surface area contributed by atoms with Gasteiger partial charge in [-0.15, -0.1) is 0 Å². The number of nitrogens with zero attached hydrogens (tertiary/aromatic N) is 5. The molecular formula is C24H21ClN8O4. The number of nitro groups is 1. The van der Waals surface area contributed by atoms with Gasteiger partial charge < -0.3 is 15.1 Å². The maximum Gasteiger partial charge on any atom is 0.313 e. The normalized spacial score (nSPS) is 15.3. The first kappa shape index (κ1) is 24.0. The standard InChI is InChI=1S/C24H21ClN8O4/c1-13-19(22(34)26-10-14-11-27-32(2)12-14)20(15-6-3-4-7-16(15)25)30-23(28-13)31-24-29-17-8-5-9-18(33(35)36)21(17)37-24/h3-9,11-12,20H,10H2,1-2H3,(H,26,34)(H2,28,29,30,31). The van der Waals surface area contributed by atoms with Gasteiger partial charge in [-0.05, 0) is 19.1 Å². The number of anilines is 1. The number of para-hydroxylation sites is 1. The maximum atomic E-state index is 13.3. The number of amides is 1. The van der Waals surface area contributed by atoms with Crippen LogP contribution in [0.4, 0.5) is 11.7 Å². The van der Waals surface area contributed by atoms with Gasteiger partial charge in [0.1, 0.15) is 11.6 Å². The van der Waals surface area contributed by atoms with Crippen LogP contribution >= 0.6 is 11.6 Å². The van der Waals surface area contributed by atoms with Crippen LogP contribution in [0.2, 0.25) is 5.02 Å². The summed E-state index contributed by atoms with van der Waals surface area (Å²) in [7, 11) is 1.80. The van der Waals surface area contributed by atoms with Crippen molar-refractivity contribution in [2.24, 2.45) is 12.0 Å². The van der Waals surface area contributed by atoms with Gasteiger partial charge in [0.05, 0.1) is 16.7 Å². The van der Waals surface area contributed by atoms with E-state index in [1.165, 1.54) is 12.1 Å². The topological polar surface area (TPSA) is 153 Å². The fraction of sp³-hybridized carbons (Fsp3) is 0.167. The van der Waals surface area contributed by atoms with Crippen LogP contribution < -0.4 is 16.0 Å². The number of guanidine groups is 1. The predicted octanol–water partition coefficient (Wildman–Crippen LogP) is 3.83. The molecule has 0 saturated carbocycles. The van der Waals surface area contributed by atoms with Gasteiger partial charge in [-0.3, -0.25) is 24.9 Å². The van der Waals surface area contributed by atoms with Crippen molar-refractivity contribution in [1.29, 1.82) is 0 Å². The minimum atomic E-state index is -0.745. The maximum absolute atomic E-state index is 13.3. The number of aliphatic imine (C=N–C) groups is 1. The Morgan fingerprint density at radius 2 is 2.08 bits per heavy atom. The van der Waals surface area contributed by atoms with E-state index in [-0.39, 0.29) is 35.7 Å². The SMILES string of the molecule is CC1=C(C(=O)NCc2cnn(C)c2)C(c2ccccc2Cl)N=C(Nc2nc3cccc([N+](=O)[O-])c3o2)N1. The van der Waals surface area contributed by atoms with Crippen LogP contribution in [-0.2, 0) is 18.4 Å². The fourth-order valence-corrected chi connectivity index (χ4v) is 4.27. The van der Waals surface area contributed by atoms with Crippen LogP contribution in [0.15, 0.2) is 75.5 Å². The zero-order valence-corrected chi connectivity index (χ0v) is 20.5. The molecule has 1 aliphatic heterocycles. The first-order valence-electron chi connectivity index (χ1n) is 11.2. The largest absolute Gasteiger partial charge is 0.416 e. The number of rotatable bonds is 6. The number of aryl methyl sites for hydroxylation is 1. The Morgan fingerprint density at radius 3 is 2.81 bits per heavy atom. The van der Waals surface area contributed by atoms with Crippen molar-refractivity contribution >= 4 is 46.3 Å². The minimum Gasteiger partial charge on any atom is -0.416 e. The summed E-state index contributed by atoms with van der Waals surface area (Å²) in [6.07, 6.45) is 3.49. The molecule has 2 aromatic carbocycles. The quantitative estimate of drug-likeness (QED) is 0.256. The highest BCUT2D eigenvalue weighted by Crippen LogP contribution is 2.35. The second-order valence-corrected chi connectivity index (χ2v) is 8.70. The first-order valence-corrected chi connectivity index (χ1v) is 11.5. The highest BCUT2D eigenvalue weighted by atomic mass is 35.5. The van der Waals surface area contributed by atoms with E-state index in [9.17, 15) is 14.9 Å². The van der Waals surface area contributed by atoms with E-state index in [2.05, 4.69) is 31.0 Å². The Morgan fingerprint density at radius 1 is 1.27 bits per heavy atom. The molecule has 0 bridgehead atoms. The van der Waals surface area contributed by atoms with Gasteiger partial charge in [-0.2, -0.15) is 10.1 Å². The van der Waals surface area contributed by atoms with E-state index in [0.29, 0.717) is 27.4 Å². The monoisotopic (exact) mass is 520 g/mol. The number of oxazole rings is 1. The summed E-state index contributed by atoms with van der Waals surface area (Å²) in [4.78, 5) is 33.1. The van der Waals surface area contributed by atoms with Gasteiger partial charge >= 0.3 is 11.7 Å². The molecule has 1 atom stereocenters. The van der Waals surface area contributed by atoms with E-state index < -0.39 is 11.0 Å². The van der Waals surface area contributed by atoms with Gasteiger partial charge in [0.15, 0.2) is 0 Å². The highest BCUT2D eigenvalue weighted by molar-refractivity contribution is 6.31. The number of carbonyl (C=O) groups excluding carboxylic acids is 1. The van der Waals surface area contributed by atoms with Gasteiger partial charge in [0.25, 0.3) is 5.91 Å². The lowest BCUT2D eigenvalue weighted by Gasteiger charge is -2.27. The molecule has 3 heterocycles. The lowest BCUT2D eigenvalue weighted by atomic mass is 9.95. The van der Waals surface area contributed by atoms with Gasteiger partial charge in [-0.1, -0.05) is 35.9 Å². The lowest BCUT2D eigenvalue weighted by molar-refractivity contribution is -0.383. The first-order chi connectivity index (χ1) is 17.8. The van der Waals surface area contributed by atoms with Crippen molar-refractivity contribution in [2.45, 2.75) is 19.5 Å². The molecule has 12 nitrogen and oxygen atoms in total. The average molecular weight is 521 g/mol. The van der Waals surface area contributed by atoms with Crippen LogP contribution in [-0.4, -0.2) is 31.6 Å². The number of fused-ring (bicyclic) bond motifs is 1. The van der Waals surface area contributed by atoms with Gasteiger partial charge in [0, 0.05) is 47.7 Å². The predicted molar refractivity (Wildman–Crippen MR) is 137 cm³/mol. The summed E-state index contributed by atoms with van der Waals surface area (Å²) in [6.45, 7) is 2.03. The van der Waals surface area contributed by atoms with Crippen molar-refractivity contribution in [2.75, 3.05) is 5.32 Å². The molecular weight excluding hydrogens is 500 g/mol. The Hall–Kier alpha value is -4.71. The van der Waals surface area contributed by atoms with Crippen LogP contribution in [0.25, 0.3) is 11.1 Å². The molecule has 2 aromatic heterocycles. The third-order valence-electron chi connectivity index (χ3n) is 5.71. The Bertz CT molecular complexity index is 1590. The molecule has 1 unspecified atom stereocenters. The van der Waals surface area contributed by atoms with Crippen LogP contribution in [0.3, 0.4) is 0 Å². The number of hydrogen-bond acceptors (Lipinski definition) is 9. The van der Waals surface area contributed by atoms with E-state index in [4.69, 9.17) is 16.0 Å². The zero-order chi connectivity index (χ0) is 26.1. The summed E-state index contributed by atoms with van der Waals surface area (Å²) >= 11 is 6.49. The van der Waals surface area contributed by atoms with E-state index in [1.807, 2.05) is 12.3 Å². The molecule has 4 aromatic rings. The molecule has 13 heteroatoms. The van der Waals surface area contributed by atoms with Crippen molar-refractivity contribution in [3.63, 3.8) is 0 Å². The summed E-state index contributed by atoms with van der Waals surface area (Å²) in [5.41, 5.74) is 2.56. The molecule has 0 radical (unpaired) electrons. The van der Waals surface area contributed by atoms with E-state index in [1.54, 1.807) is 49.1 Å². The van der Waals surface area contributed by atoms with Crippen LogP contribution in [0, 0.1) is 10.1 Å². The van der Waals surface area contributed by atoms with Crippen molar-refractivity contribution in [3.8, 4) is 0 Å². The van der Waals surface area contributed by atoms with Crippen LogP contribution in [0.1, 0.15) is 24.1 Å². The third kappa shape index (κ3) is 4.86. The third-order valence-corrected chi connectivity index (χ3v) is 6.06. The van der Waals surface area contributed by atoms with Gasteiger partial charge in [0.2, 0.25) is 11.5 Å². The summed E-state index contributed by atoms with van der Waals surface area (Å²) in [6, 6.07) is 10.9. The number of nitro benzene ring substituents is 1. The minimum absolute atomic E-state index is 0.00531. The zero-order valence-electron chi connectivity index (χ0n) is 19.7. The van der Waals surface area contributed by atoms with Gasteiger partial charge in [-0.25, -0.2) is 4.99 Å². The fourth-order valence-electron chi connectivity index (χ4n) is 4.03. The number of non-ortho nitro benzene ring substituents is 1. The number of nitrogens with one attached hydrogen (secondary N) is 3. The molecule has 0 saturated heterocycles. The number of allylic oxidation sites excluding steroid dienone is 1. The lowest BCUT2D eigenvalue weighted by Crippen LogP contribution is -2.39. The number of aromatic nitrogens is 3. The number of carbonyl (C=O) groups is 1. The Balaban J connectivity index is 1.46. The molecule has 0 fully saturated rings. The number of halogens is 1. The van der Waals surface area contributed by atoms with E-state index >= 15 is 0 Å². The summed E-state index contributed by atoms with van der Waals surface area (Å²) in [5.74, 6) is -0.0838. The second kappa shape index (κ2) is 9.74. The highest BCUT2D eigenvalue weighted by Gasteiger charge is 2.31. The molecule has 1 amide bonds. The average Bonchev–Trinajstić information content (AvgIpc) is 3.47. The number of hydrogen-bond donors (Lipinski definition) is 3. The second-order valence-electron chi connectivity index (χ2n) is 8.30. The molecule has 0 aliphatic carbocycles. The molecule has 0 spiro atoms. The molecule has 37 heavy (non-hydrogen) atoms. The Labute approximate surface area is 215 Å². The summed E-state index contributed by atoms with van der Waals surface area (Å²) in [5, 5.41) is 24.8. The molecule has 1 aliphatic rings. The van der Waals surface area contributed by atoms with Crippen molar-refractivity contribution in [3.05, 3.63) is 92.4 Å². The molecule has 5 rings (SSSR count). The van der Waals surface area contributed by atoms with Crippen LogP contribution in [0.5, 0.6) is 0 Å². The smallest absolute Gasteiger partial charge is 0.313 e.